The highest BCUT2D eigenvalue weighted by molar-refractivity contribution is 5.87. The molecule has 1 saturated heterocycles. The third-order valence-corrected chi connectivity index (χ3v) is 7.90. The van der Waals surface area contributed by atoms with Gasteiger partial charge < -0.3 is 9.88 Å². The molecule has 1 aromatic carbocycles. The third-order valence-electron chi connectivity index (χ3n) is 7.90. The summed E-state index contributed by atoms with van der Waals surface area (Å²) < 4.78 is 41.8. The SMILES string of the molecule is CC(C)c1ccnc(-c2nc3nc(C4NNNN4)nc(N[C@H](C)C4CCC4)c3n2Cc2ccc(C(F)(F)F)cc2)c1. The van der Waals surface area contributed by atoms with Crippen LogP contribution in [0.25, 0.3) is 22.7 Å². The van der Waals surface area contributed by atoms with Crippen molar-refractivity contribution in [3.63, 3.8) is 0 Å². The van der Waals surface area contributed by atoms with E-state index in [4.69, 9.17) is 15.0 Å². The predicted molar refractivity (Wildman–Crippen MR) is 149 cm³/mol. The van der Waals surface area contributed by atoms with Crippen molar-refractivity contribution in [2.75, 3.05) is 5.32 Å². The quantitative estimate of drug-likeness (QED) is 0.205. The van der Waals surface area contributed by atoms with E-state index in [0.29, 0.717) is 45.8 Å². The largest absolute Gasteiger partial charge is 0.416 e. The van der Waals surface area contributed by atoms with Gasteiger partial charge >= 0.3 is 6.18 Å². The highest BCUT2D eigenvalue weighted by atomic mass is 19.4. The van der Waals surface area contributed by atoms with Crippen molar-refractivity contribution in [2.45, 2.75) is 70.9 Å². The van der Waals surface area contributed by atoms with Crippen LogP contribution in [-0.2, 0) is 12.7 Å². The summed E-state index contributed by atoms with van der Waals surface area (Å²) in [6, 6.07) is 9.35. The lowest BCUT2D eigenvalue weighted by molar-refractivity contribution is -0.137. The Hall–Kier alpha value is -3.65. The molecule has 4 aromatic rings. The van der Waals surface area contributed by atoms with Gasteiger partial charge in [0.1, 0.15) is 17.4 Å². The molecule has 2 fully saturated rings. The van der Waals surface area contributed by atoms with Crippen LogP contribution in [0.15, 0.2) is 42.6 Å². The molecule has 1 saturated carbocycles. The number of halogens is 3. The van der Waals surface area contributed by atoms with Crippen molar-refractivity contribution in [3.8, 4) is 11.5 Å². The van der Waals surface area contributed by atoms with Crippen LogP contribution in [0.5, 0.6) is 0 Å². The Morgan fingerprint density at radius 2 is 1.73 bits per heavy atom. The van der Waals surface area contributed by atoms with Crippen molar-refractivity contribution in [3.05, 3.63) is 65.1 Å². The number of hydrogen-bond donors (Lipinski definition) is 5. The average molecular weight is 567 g/mol. The molecule has 2 aliphatic rings. The zero-order valence-electron chi connectivity index (χ0n) is 23.0. The van der Waals surface area contributed by atoms with Crippen molar-refractivity contribution in [1.29, 1.82) is 0 Å². The zero-order valence-corrected chi connectivity index (χ0v) is 23.0. The number of nitrogens with zero attached hydrogens (tertiary/aromatic N) is 5. The smallest absolute Gasteiger partial charge is 0.365 e. The summed E-state index contributed by atoms with van der Waals surface area (Å²) in [6.45, 7) is 6.62. The van der Waals surface area contributed by atoms with Gasteiger partial charge in [0.2, 0.25) is 0 Å². The average Bonchev–Trinajstić information content (AvgIpc) is 3.56. The van der Waals surface area contributed by atoms with Gasteiger partial charge in [0.05, 0.1) is 5.56 Å². The van der Waals surface area contributed by atoms with Crippen LogP contribution in [0.4, 0.5) is 19.0 Å². The fraction of sp³-hybridized carbons (Fsp3) is 0.429. The fourth-order valence-corrected chi connectivity index (χ4v) is 5.20. The summed E-state index contributed by atoms with van der Waals surface area (Å²) >= 11 is 0. The second-order valence-corrected chi connectivity index (χ2v) is 11.0. The highest BCUT2D eigenvalue weighted by Crippen LogP contribution is 2.35. The van der Waals surface area contributed by atoms with Crippen LogP contribution >= 0.6 is 0 Å². The first-order chi connectivity index (χ1) is 19.7. The number of pyridine rings is 1. The number of hydrazine groups is 3. The molecule has 13 heteroatoms. The molecule has 0 spiro atoms. The number of rotatable bonds is 8. The van der Waals surface area contributed by atoms with Gasteiger partial charge in [-0.15, -0.1) is 0 Å². The van der Waals surface area contributed by atoms with E-state index >= 15 is 0 Å². The summed E-state index contributed by atoms with van der Waals surface area (Å²) in [5.74, 6) is 2.47. The van der Waals surface area contributed by atoms with Crippen molar-refractivity contribution >= 4 is 17.0 Å². The number of aromatic nitrogens is 5. The Morgan fingerprint density at radius 3 is 2.37 bits per heavy atom. The van der Waals surface area contributed by atoms with Crippen LogP contribution in [0.3, 0.4) is 0 Å². The summed E-state index contributed by atoms with van der Waals surface area (Å²) in [4.78, 5) is 19.3. The Bertz CT molecular complexity index is 1520. The standard InChI is InChI=1S/C28H33F3N10/c1-15(2)19-11-12-32-21(13-19)27-36-24-22(41(27)14-17-7-9-20(10-8-17)28(29,30)31)23(33-16(3)18-5-4-6-18)34-25(35-24)26-37-39-40-38-26/h7-13,15-16,18,26,37-40H,4-6,14H2,1-3H3,(H,33,34,35)/t16-/m1/s1. The minimum Gasteiger partial charge on any atom is -0.365 e. The molecule has 0 bridgehead atoms. The van der Waals surface area contributed by atoms with Crippen LogP contribution < -0.4 is 27.2 Å². The van der Waals surface area contributed by atoms with E-state index in [2.05, 4.69) is 53.0 Å². The summed E-state index contributed by atoms with van der Waals surface area (Å²) in [7, 11) is 0. The molecule has 216 valence electrons. The van der Waals surface area contributed by atoms with Gasteiger partial charge in [-0.1, -0.05) is 32.4 Å². The molecule has 0 amide bonds. The molecule has 0 radical (unpaired) electrons. The second-order valence-electron chi connectivity index (χ2n) is 11.0. The Labute approximate surface area is 235 Å². The van der Waals surface area contributed by atoms with Gasteiger partial charge in [0, 0.05) is 18.8 Å². The number of benzene rings is 1. The van der Waals surface area contributed by atoms with Gasteiger partial charge in [-0.25, -0.2) is 25.8 Å². The van der Waals surface area contributed by atoms with E-state index in [0.717, 1.165) is 30.5 Å². The Kier molecular flexibility index (Phi) is 7.36. The molecule has 41 heavy (non-hydrogen) atoms. The van der Waals surface area contributed by atoms with E-state index in [-0.39, 0.29) is 18.5 Å². The molecule has 0 unspecified atom stereocenters. The topological polar surface area (TPSA) is 117 Å². The maximum atomic E-state index is 13.3. The number of anilines is 1. The van der Waals surface area contributed by atoms with Crippen molar-refractivity contribution < 1.29 is 13.2 Å². The number of imidazole rings is 1. The maximum Gasteiger partial charge on any atom is 0.416 e. The van der Waals surface area contributed by atoms with Crippen LogP contribution in [-0.4, -0.2) is 30.5 Å². The molecule has 1 atom stereocenters. The van der Waals surface area contributed by atoms with Crippen molar-refractivity contribution in [1.82, 2.24) is 46.4 Å². The molecule has 5 N–H and O–H groups in total. The Balaban J connectivity index is 1.52. The number of hydrogen-bond acceptors (Lipinski definition) is 9. The number of fused-ring (bicyclic) bond motifs is 1. The van der Waals surface area contributed by atoms with Gasteiger partial charge in [-0.05, 0) is 67.0 Å². The normalized spacial score (nSPS) is 17.3. The van der Waals surface area contributed by atoms with E-state index in [1.807, 2.05) is 16.7 Å². The molecule has 1 aliphatic heterocycles. The van der Waals surface area contributed by atoms with E-state index in [9.17, 15) is 13.2 Å². The Morgan fingerprint density at radius 1 is 1.00 bits per heavy atom. The highest BCUT2D eigenvalue weighted by Gasteiger charge is 2.31. The third kappa shape index (κ3) is 5.62. The minimum absolute atomic E-state index is 0.163. The van der Waals surface area contributed by atoms with Gasteiger partial charge in [-0.3, -0.25) is 4.98 Å². The molecule has 1 aliphatic carbocycles. The second kappa shape index (κ2) is 11.0. The summed E-state index contributed by atoms with van der Waals surface area (Å²) in [5, 5.41) is 3.62. The lowest BCUT2D eigenvalue weighted by Crippen LogP contribution is -2.33. The number of alkyl halides is 3. The molecular formula is C28H33F3N10. The lowest BCUT2D eigenvalue weighted by Gasteiger charge is -2.32. The minimum atomic E-state index is -4.41. The molecule has 10 nitrogen and oxygen atoms in total. The predicted octanol–water partition coefficient (Wildman–Crippen LogP) is 4.79. The fourth-order valence-electron chi connectivity index (χ4n) is 5.20. The van der Waals surface area contributed by atoms with Crippen LogP contribution in [0, 0.1) is 5.92 Å². The van der Waals surface area contributed by atoms with Crippen LogP contribution in [0.2, 0.25) is 0 Å². The zero-order chi connectivity index (χ0) is 28.7. The van der Waals surface area contributed by atoms with Crippen molar-refractivity contribution in [2.24, 2.45) is 5.92 Å². The first kappa shape index (κ1) is 27.5. The van der Waals surface area contributed by atoms with Gasteiger partial charge in [0.15, 0.2) is 23.1 Å². The number of nitrogens with one attached hydrogen (secondary N) is 5. The molecular weight excluding hydrogens is 533 g/mol. The lowest BCUT2D eigenvalue weighted by atomic mass is 9.80. The van der Waals surface area contributed by atoms with E-state index in [1.54, 1.807) is 6.20 Å². The first-order valence-corrected chi connectivity index (χ1v) is 13.9. The monoisotopic (exact) mass is 566 g/mol. The van der Waals surface area contributed by atoms with E-state index < -0.39 is 17.9 Å². The van der Waals surface area contributed by atoms with Gasteiger partial charge in [-0.2, -0.15) is 24.2 Å². The maximum absolute atomic E-state index is 13.3. The van der Waals surface area contributed by atoms with Crippen LogP contribution in [0.1, 0.15) is 74.6 Å². The summed E-state index contributed by atoms with van der Waals surface area (Å²) in [5.41, 5.74) is 14.5. The molecule has 6 rings (SSSR count). The molecule has 3 aromatic heterocycles. The summed E-state index contributed by atoms with van der Waals surface area (Å²) in [6.07, 6.45) is 0.448. The molecule has 4 heterocycles. The first-order valence-electron chi connectivity index (χ1n) is 13.9. The van der Waals surface area contributed by atoms with E-state index in [1.165, 1.54) is 18.6 Å². The van der Waals surface area contributed by atoms with Gasteiger partial charge in [0.25, 0.3) is 0 Å².